The Labute approximate surface area is 228 Å². The lowest BCUT2D eigenvalue weighted by molar-refractivity contribution is -0.133. The highest BCUT2D eigenvalue weighted by Gasteiger charge is 2.49. The predicted molar refractivity (Wildman–Crippen MR) is 146 cm³/mol. The summed E-state index contributed by atoms with van der Waals surface area (Å²) < 4.78 is 0. The average molecular weight is 527 g/mol. The molecule has 0 unspecified atom stereocenters. The number of aromatic nitrogens is 2. The van der Waals surface area contributed by atoms with E-state index < -0.39 is 0 Å². The maximum atomic E-state index is 12.4. The molecule has 0 spiro atoms. The van der Waals surface area contributed by atoms with Crippen LogP contribution in [0.3, 0.4) is 0 Å². The number of anilines is 1. The molecule has 1 aliphatic carbocycles. The summed E-state index contributed by atoms with van der Waals surface area (Å²) in [6, 6.07) is 8.86. The van der Waals surface area contributed by atoms with Crippen molar-refractivity contribution in [2.45, 2.75) is 56.5 Å². The molecule has 2 saturated heterocycles. The molecule has 0 bridgehead atoms. The van der Waals surface area contributed by atoms with Crippen molar-refractivity contribution in [1.82, 2.24) is 24.7 Å². The first-order chi connectivity index (χ1) is 19.0. The average Bonchev–Trinajstić information content (AvgIpc) is 3.68. The Morgan fingerprint density at radius 3 is 2.59 bits per heavy atom. The molecule has 4 aliphatic rings. The molecule has 39 heavy (non-hydrogen) atoms. The highest BCUT2D eigenvalue weighted by molar-refractivity contribution is 5.97. The summed E-state index contributed by atoms with van der Waals surface area (Å²) in [6.45, 7) is 4.80. The number of fused-ring (bicyclic) bond motifs is 1. The van der Waals surface area contributed by atoms with Crippen LogP contribution in [0.25, 0.3) is 16.6 Å². The van der Waals surface area contributed by atoms with Crippen LogP contribution in [-0.4, -0.2) is 87.3 Å². The number of H-pyrrole nitrogens is 1. The lowest BCUT2D eigenvalue weighted by atomic mass is 9.80. The lowest BCUT2D eigenvalue weighted by Crippen LogP contribution is -2.72. The molecular formula is C29H34N8O2. The zero-order valence-corrected chi connectivity index (χ0v) is 22.2. The van der Waals surface area contributed by atoms with Crippen LogP contribution < -0.4 is 5.32 Å². The van der Waals surface area contributed by atoms with Crippen molar-refractivity contribution in [2.75, 3.05) is 44.6 Å². The molecule has 0 aromatic carbocycles. The molecule has 2 N–H and O–H groups in total. The van der Waals surface area contributed by atoms with Crippen LogP contribution in [0.15, 0.2) is 24.4 Å². The van der Waals surface area contributed by atoms with Gasteiger partial charge in [-0.15, -0.1) is 0 Å². The summed E-state index contributed by atoms with van der Waals surface area (Å²) in [5.41, 5.74) is 2.99. The van der Waals surface area contributed by atoms with Gasteiger partial charge in [0.05, 0.1) is 24.1 Å². The van der Waals surface area contributed by atoms with Gasteiger partial charge in [-0.1, -0.05) is 6.08 Å². The second-order valence-electron chi connectivity index (χ2n) is 11.4. The molecule has 0 radical (unpaired) electrons. The highest BCUT2D eigenvalue weighted by Crippen LogP contribution is 2.39. The van der Waals surface area contributed by atoms with E-state index in [1.54, 1.807) is 0 Å². The molecule has 3 aliphatic heterocycles. The van der Waals surface area contributed by atoms with Crippen molar-refractivity contribution in [3.05, 3.63) is 30.0 Å². The number of amides is 2. The molecule has 2 amide bonds. The van der Waals surface area contributed by atoms with Crippen LogP contribution in [0.1, 0.15) is 50.5 Å². The third-order valence-electron chi connectivity index (χ3n) is 8.92. The molecule has 1 saturated carbocycles. The first-order valence-electron chi connectivity index (χ1n) is 14.0. The molecule has 202 valence electrons. The SMILES string of the molecule is N#CCC(=O)N1CCC(N2CC(CC#N)(N3CC=C(c4cc(NC(=O)C5CC5)nc5[nH]ccc45)CC3)C2)CC1. The minimum Gasteiger partial charge on any atom is -0.346 e. The van der Waals surface area contributed by atoms with E-state index in [9.17, 15) is 14.9 Å². The fourth-order valence-corrected chi connectivity index (χ4v) is 6.48. The smallest absolute Gasteiger partial charge is 0.236 e. The maximum absolute atomic E-state index is 12.4. The number of carbonyl (C=O) groups excluding carboxylic acids is 2. The van der Waals surface area contributed by atoms with Crippen molar-refractivity contribution in [3.63, 3.8) is 0 Å². The van der Waals surface area contributed by atoms with Crippen LogP contribution in [0.5, 0.6) is 0 Å². The Kier molecular flexibility index (Phi) is 6.84. The van der Waals surface area contributed by atoms with Crippen molar-refractivity contribution in [1.29, 1.82) is 10.5 Å². The first kappa shape index (κ1) is 25.5. The van der Waals surface area contributed by atoms with Crippen LogP contribution in [0, 0.1) is 28.6 Å². The number of hydrogen-bond donors (Lipinski definition) is 2. The third kappa shape index (κ3) is 5.03. The first-order valence-corrected chi connectivity index (χ1v) is 14.0. The van der Waals surface area contributed by atoms with Crippen LogP contribution >= 0.6 is 0 Å². The zero-order valence-electron chi connectivity index (χ0n) is 22.2. The fraction of sp³-hybridized carbons (Fsp3) is 0.552. The number of rotatable bonds is 7. The molecule has 0 atom stereocenters. The van der Waals surface area contributed by atoms with E-state index in [0.717, 1.165) is 74.9 Å². The second kappa shape index (κ2) is 10.4. The second-order valence-corrected chi connectivity index (χ2v) is 11.4. The van der Waals surface area contributed by atoms with Gasteiger partial charge in [0.25, 0.3) is 0 Å². The number of nitrogens with one attached hydrogen (secondary N) is 2. The van der Waals surface area contributed by atoms with Crippen LogP contribution in [0.4, 0.5) is 5.82 Å². The normalized spacial score (nSPS) is 22.0. The summed E-state index contributed by atoms with van der Waals surface area (Å²) in [5.74, 6) is 0.693. The van der Waals surface area contributed by atoms with Gasteiger partial charge in [0.1, 0.15) is 17.9 Å². The lowest BCUT2D eigenvalue weighted by Gasteiger charge is -2.58. The number of hydrogen-bond acceptors (Lipinski definition) is 7. The van der Waals surface area contributed by atoms with Gasteiger partial charge in [-0.2, -0.15) is 10.5 Å². The molecule has 6 rings (SSSR count). The summed E-state index contributed by atoms with van der Waals surface area (Å²) in [5, 5.41) is 22.5. The number of likely N-dealkylation sites (tertiary alicyclic amines) is 2. The number of nitrogens with zero attached hydrogens (tertiary/aromatic N) is 6. The Morgan fingerprint density at radius 2 is 1.92 bits per heavy atom. The third-order valence-corrected chi connectivity index (χ3v) is 8.92. The summed E-state index contributed by atoms with van der Waals surface area (Å²) in [4.78, 5) is 39.0. The maximum Gasteiger partial charge on any atom is 0.236 e. The minimum atomic E-state index is -0.143. The quantitative estimate of drug-likeness (QED) is 0.567. The molecule has 3 fully saturated rings. The summed E-state index contributed by atoms with van der Waals surface area (Å²) in [7, 11) is 0. The Morgan fingerprint density at radius 1 is 1.13 bits per heavy atom. The van der Waals surface area contributed by atoms with E-state index >= 15 is 0 Å². The predicted octanol–water partition coefficient (Wildman–Crippen LogP) is 2.87. The monoisotopic (exact) mass is 526 g/mol. The van der Waals surface area contributed by atoms with Gasteiger partial charge < -0.3 is 15.2 Å². The number of carbonyl (C=O) groups is 2. The van der Waals surface area contributed by atoms with Gasteiger partial charge in [-0.25, -0.2) is 4.98 Å². The van der Waals surface area contributed by atoms with Crippen molar-refractivity contribution >= 4 is 34.2 Å². The van der Waals surface area contributed by atoms with E-state index in [-0.39, 0.29) is 29.7 Å². The van der Waals surface area contributed by atoms with Crippen LogP contribution in [-0.2, 0) is 9.59 Å². The highest BCUT2D eigenvalue weighted by atomic mass is 16.2. The van der Waals surface area contributed by atoms with Gasteiger partial charge in [-0.3, -0.25) is 19.4 Å². The molecule has 5 heterocycles. The molecule has 10 nitrogen and oxygen atoms in total. The number of pyridine rings is 1. The molecular weight excluding hydrogens is 492 g/mol. The minimum absolute atomic E-state index is 0.0460. The molecule has 2 aromatic heterocycles. The number of nitriles is 2. The molecule has 10 heteroatoms. The number of piperidine rings is 1. The van der Waals surface area contributed by atoms with Gasteiger partial charge in [-0.05, 0) is 55.4 Å². The van der Waals surface area contributed by atoms with E-state index in [1.165, 1.54) is 5.57 Å². The Hall–Kier alpha value is -3.73. The van der Waals surface area contributed by atoms with E-state index in [2.05, 4.69) is 37.2 Å². The van der Waals surface area contributed by atoms with E-state index in [0.29, 0.717) is 31.4 Å². The van der Waals surface area contributed by atoms with Crippen LogP contribution in [0.2, 0.25) is 0 Å². The van der Waals surface area contributed by atoms with Gasteiger partial charge in [0.2, 0.25) is 11.8 Å². The Balaban J connectivity index is 1.12. The zero-order chi connectivity index (χ0) is 27.0. The largest absolute Gasteiger partial charge is 0.346 e. The number of aromatic amines is 1. The van der Waals surface area contributed by atoms with Crippen molar-refractivity contribution in [3.8, 4) is 12.1 Å². The van der Waals surface area contributed by atoms with Gasteiger partial charge in [0, 0.05) is 62.8 Å². The van der Waals surface area contributed by atoms with Gasteiger partial charge >= 0.3 is 0 Å². The fourth-order valence-electron chi connectivity index (χ4n) is 6.48. The summed E-state index contributed by atoms with van der Waals surface area (Å²) >= 11 is 0. The van der Waals surface area contributed by atoms with Gasteiger partial charge in [0.15, 0.2) is 0 Å². The standard InChI is InChI=1S/C29H34N8O2/c30-10-3-26(38)35-13-7-22(8-14-35)36-18-29(19-36,9-11-31)37-15-5-20(6-16-37)24-17-25(34-28(39)21-1-2-21)33-27-23(24)4-12-32-27/h4-5,12,17,21-22H,1-3,6-9,13-16,18-19H2,(H2,32,33,34,39). The summed E-state index contributed by atoms with van der Waals surface area (Å²) in [6.07, 6.45) is 9.22. The topological polar surface area (TPSA) is 132 Å². The van der Waals surface area contributed by atoms with Crippen molar-refractivity contribution < 1.29 is 9.59 Å². The van der Waals surface area contributed by atoms with E-state index in [1.807, 2.05) is 29.3 Å². The Bertz CT molecular complexity index is 1380. The molecule has 2 aromatic rings. The van der Waals surface area contributed by atoms with Crippen molar-refractivity contribution in [2.24, 2.45) is 5.92 Å². The van der Waals surface area contributed by atoms with E-state index in [4.69, 9.17) is 5.26 Å².